The lowest BCUT2D eigenvalue weighted by Gasteiger charge is -2.44. The van der Waals surface area contributed by atoms with Gasteiger partial charge in [-0.2, -0.15) is 4.68 Å². The number of amides is 1. The molecule has 178 valence electrons. The Morgan fingerprint density at radius 1 is 1.21 bits per heavy atom. The summed E-state index contributed by atoms with van der Waals surface area (Å²) in [6.45, 7) is 3.00. The molecule has 0 radical (unpaired) electrons. The van der Waals surface area contributed by atoms with Gasteiger partial charge in [0.1, 0.15) is 19.0 Å². The number of nitrogens with zero attached hydrogens (tertiary/aromatic N) is 8. The van der Waals surface area contributed by atoms with Gasteiger partial charge >= 0.3 is 5.97 Å². The summed E-state index contributed by atoms with van der Waals surface area (Å²) in [7, 11) is 0. The van der Waals surface area contributed by atoms with Crippen molar-refractivity contribution in [1.82, 2.24) is 40.0 Å². The van der Waals surface area contributed by atoms with Crippen LogP contribution in [0.1, 0.15) is 50.8 Å². The van der Waals surface area contributed by atoms with Gasteiger partial charge in [0.25, 0.3) is 0 Å². The molecule has 1 N–H and O–H groups in total. The third-order valence-corrected chi connectivity index (χ3v) is 7.91. The van der Waals surface area contributed by atoms with Gasteiger partial charge in [-0.1, -0.05) is 0 Å². The Morgan fingerprint density at radius 2 is 2.00 bits per heavy atom. The van der Waals surface area contributed by atoms with E-state index in [1.807, 2.05) is 0 Å². The maximum absolute atomic E-state index is 13.5. The van der Waals surface area contributed by atoms with Gasteiger partial charge in [0.2, 0.25) is 5.91 Å². The van der Waals surface area contributed by atoms with E-state index in [2.05, 4.69) is 30.4 Å². The van der Waals surface area contributed by atoms with E-state index < -0.39 is 6.10 Å². The van der Waals surface area contributed by atoms with Crippen molar-refractivity contribution in [1.29, 1.82) is 0 Å². The predicted molar refractivity (Wildman–Crippen MR) is 115 cm³/mol. The molecule has 2 aromatic rings. The van der Waals surface area contributed by atoms with Gasteiger partial charge in [-0.3, -0.25) is 14.7 Å². The van der Waals surface area contributed by atoms with Crippen LogP contribution in [-0.2, 0) is 14.3 Å². The molecule has 2 aromatic heterocycles. The Labute approximate surface area is 195 Å². The lowest BCUT2D eigenvalue weighted by Crippen LogP contribution is -2.51. The van der Waals surface area contributed by atoms with E-state index in [4.69, 9.17) is 4.74 Å². The van der Waals surface area contributed by atoms with E-state index in [0.29, 0.717) is 30.2 Å². The van der Waals surface area contributed by atoms with Crippen molar-refractivity contribution in [3.63, 3.8) is 0 Å². The first-order valence-corrected chi connectivity index (χ1v) is 11.6. The fraction of sp³-hybridized carbons (Fsp3) is 0.591. The second kappa shape index (κ2) is 7.91. The number of ether oxygens (including phenoxy) is 1. The fourth-order valence-corrected chi connectivity index (χ4v) is 6.12. The Hall–Kier alpha value is -3.25. The van der Waals surface area contributed by atoms with Gasteiger partial charge in [-0.05, 0) is 49.5 Å². The molecule has 0 aromatic carbocycles. The number of tetrazole rings is 1. The van der Waals surface area contributed by atoms with Crippen LogP contribution in [0.2, 0.25) is 0 Å². The van der Waals surface area contributed by atoms with Crippen molar-refractivity contribution < 1.29 is 19.4 Å². The van der Waals surface area contributed by atoms with Gasteiger partial charge in [0.15, 0.2) is 5.82 Å². The van der Waals surface area contributed by atoms with Crippen molar-refractivity contribution in [2.24, 2.45) is 5.41 Å². The monoisotopic (exact) mass is 466 g/mol. The number of aliphatic hydroxyl groups excluding tert-OH is 1. The summed E-state index contributed by atoms with van der Waals surface area (Å²) in [5.74, 6) is 0.271. The molecule has 34 heavy (non-hydrogen) atoms. The van der Waals surface area contributed by atoms with Gasteiger partial charge in [-0.25, -0.2) is 9.78 Å². The summed E-state index contributed by atoms with van der Waals surface area (Å²) in [6, 6.07) is 0.476. The lowest BCUT2D eigenvalue weighted by atomic mass is 9.73. The first-order chi connectivity index (χ1) is 16.4. The minimum atomic E-state index is -0.780. The molecule has 6 heterocycles. The van der Waals surface area contributed by atoms with E-state index in [9.17, 15) is 14.7 Å². The van der Waals surface area contributed by atoms with Crippen molar-refractivity contribution >= 4 is 11.9 Å². The summed E-state index contributed by atoms with van der Waals surface area (Å²) < 4.78 is 6.54. The molecule has 0 unspecified atom stereocenters. The van der Waals surface area contributed by atoms with Crippen molar-refractivity contribution in [2.45, 2.75) is 57.2 Å². The van der Waals surface area contributed by atoms with E-state index in [1.165, 1.54) is 17.2 Å². The summed E-state index contributed by atoms with van der Waals surface area (Å²) in [5.41, 5.74) is 1.37. The van der Waals surface area contributed by atoms with Gasteiger partial charge < -0.3 is 14.7 Å². The average Bonchev–Trinajstić information content (AvgIpc) is 3.60. The highest BCUT2D eigenvalue weighted by Crippen LogP contribution is 2.52. The molecule has 0 aliphatic carbocycles. The molecule has 6 rings (SSSR count). The van der Waals surface area contributed by atoms with Gasteiger partial charge in [0, 0.05) is 25.2 Å². The molecule has 12 nitrogen and oxygen atoms in total. The SMILES string of the molecule is CC1=C(N2CCC3(C[C@H]4CC[C@H](C3)N4C[C@H](O)c3cnc(-n4cnnn4)cn3)C2=O)COC1=O. The smallest absolute Gasteiger partial charge is 0.336 e. The highest BCUT2D eigenvalue weighted by Gasteiger charge is 2.56. The van der Waals surface area contributed by atoms with Crippen LogP contribution < -0.4 is 0 Å². The molecule has 3 atom stereocenters. The van der Waals surface area contributed by atoms with Crippen LogP contribution in [-0.4, -0.2) is 88.7 Å². The number of hydrogen-bond acceptors (Lipinski definition) is 10. The van der Waals surface area contributed by atoms with Crippen LogP contribution in [0.4, 0.5) is 0 Å². The van der Waals surface area contributed by atoms with Crippen LogP contribution in [0.3, 0.4) is 0 Å². The zero-order chi connectivity index (χ0) is 23.4. The zero-order valence-corrected chi connectivity index (χ0v) is 18.9. The summed E-state index contributed by atoms with van der Waals surface area (Å²) in [5, 5.41) is 21.8. The zero-order valence-electron chi connectivity index (χ0n) is 18.9. The maximum Gasteiger partial charge on any atom is 0.336 e. The number of aromatic nitrogens is 6. The molecule has 3 fully saturated rings. The number of cyclic esters (lactones) is 1. The van der Waals surface area contributed by atoms with E-state index in [-0.39, 0.29) is 36.0 Å². The second-order valence-electron chi connectivity index (χ2n) is 9.69. The Balaban J connectivity index is 1.14. The van der Waals surface area contributed by atoms with Crippen LogP contribution in [0.25, 0.3) is 5.82 Å². The molecule has 3 saturated heterocycles. The quantitative estimate of drug-likeness (QED) is 0.606. The highest BCUT2D eigenvalue weighted by molar-refractivity contribution is 5.94. The number of carbonyl (C=O) groups excluding carboxylic acids is 2. The molecule has 1 spiro atoms. The topological polar surface area (TPSA) is 139 Å². The predicted octanol–water partition coefficient (Wildman–Crippen LogP) is 0.162. The van der Waals surface area contributed by atoms with Gasteiger partial charge in [-0.15, -0.1) is 5.10 Å². The van der Waals surface area contributed by atoms with Crippen molar-refractivity contribution in [3.05, 3.63) is 35.7 Å². The van der Waals surface area contributed by atoms with E-state index >= 15 is 0 Å². The standard InChI is InChI=1S/C22H26N8O4/c1-13-17(11-34-20(13)32)28-5-4-22(21(28)33)6-14-2-3-15(7-22)29(14)10-18(31)16-8-24-19(9-23-16)30-12-25-26-27-30/h8-9,12,14-15,18,31H,2-7,10-11H2,1H3/t14-,15-,18+/m1/s1. The summed E-state index contributed by atoms with van der Waals surface area (Å²) in [6.07, 6.45) is 8.11. The molecule has 2 bridgehead atoms. The van der Waals surface area contributed by atoms with E-state index in [1.54, 1.807) is 18.0 Å². The molecule has 4 aliphatic rings. The number of esters is 1. The van der Waals surface area contributed by atoms with Crippen LogP contribution in [0.15, 0.2) is 30.0 Å². The first kappa shape index (κ1) is 21.3. The molecule has 0 saturated carbocycles. The Kier molecular flexibility index (Phi) is 4.96. The fourth-order valence-electron chi connectivity index (χ4n) is 6.12. The largest absolute Gasteiger partial charge is 0.456 e. The third kappa shape index (κ3) is 3.31. The van der Waals surface area contributed by atoms with Crippen molar-refractivity contribution in [2.75, 3.05) is 19.7 Å². The van der Waals surface area contributed by atoms with E-state index in [0.717, 1.165) is 37.8 Å². The normalized spacial score (nSPS) is 30.0. The molecule has 4 aliphatic heterocycles. The third-order valence-electron chi connectivity index (χ3n) is 7.91. The number of piperidine rings is 1. The minimum Gasteiger partial charge on any atom is -0.456 e. The highest BCUT2D eigenvalue weighted by atomic mass is 16.5. The number of hydrogen-bond donors (Lipinski definition) is 1. The Morgan fingerprint density at radius 3 is 2.62 bits per heavy atom. The number of fused-ring (bicyclic) bond motifs is 2. The second-order valence-corrected chi connectivity index (χ2v) is 9.69. The number of likely N-dealkylation sites (tertiary alicyclic amines) is 1. The van der Waals surface area contributed by atoms with Crippen LogP contribution in [0, 0.1) is 5.41 Å². The van der Waals surface area contributed by atoms with Gasteiger partial charge in [0.05, 0.1) is 34.8 Å². The summed E-state index contributed by atoms with van der Waals surface area (Å²) in [4.78, 5) is 38.1. The Bertz CT molecular complexity index is 1130. The first-order valence-electron chi connectivity index (χ1n) is 11.6. The molecular formula is C22H26N8O4. The number of carbonyl (C=O) groups is 2. The average molecular weight is 467 g/mol. The maximum atomic E-state index is 13.5. The van der Waals surface area contributed by atoms with Crippen LogP contribution >= 0.6 is 0 Å². The number of rotatable bonds is 5. The molecule has 12 heteroatoms. The van der Waals surface area contributed by atoms with Crippen LogP contribution in [0.5, 0.6) is 0 Å². The van der Waals surface area contributed by atoms with Crippen molar-refractivity contribution in [3.8, 4) is 5.82 Å². The molecule has 1 amide bonds. The number of aliphatic hydroxyl groups is 1. The molecular weight excluding hydrogens is 440 g/mol. The lowest BCUT2D eigenvalue weighted by molar-refractivity contribution is -0.140. The summed E-state index contributed by atoms with van der Waals surface area (Å²) >= 11 is 0. The minimum absolute atomic E-state index is 0.126.